The number of carbonyl (C=O) groups is 1. The zero-order chi connectivity index (χ0) is 18.4. The summed E-state index contributed by atoms with van der Waals surface area (Å²) >= 11 is 11.3. The van der Waals surface area contributed by atoms with Crippen molar-refractivity contribution in [2.45, 2.75) is 39.4 Å². The highest BCUT2D eigenvalue weighted by molar-refractivity contribution is 7.80. The summed E-state index contributed by atoms with van der Waals surface area (Å²) in [7, 11) is 0. The zero-order valence-corrected chi connectivity index (χ0v) is 16.3. The number of nitrogens with one attached hydrogen (secondary N) is 3. The SMILES string of the molecule is Cc1c(Cl)cccc1NC(=S)NNC(=O)CCN1C[C@@H](C)O[C@H](C)C1. The molecule has 1 saturated heterocycles. The number of benzene rings is 1. The molecule has 1 aromatic carbocycles. The summed E-state index contributed by atoms with van der Waals surface area (Å²) in [4.78, 5) is 14.2. The molecule has 0 aliphatic carbocycles. The highest BCUT2D eigenvalue weighted by atomic mass is 35.5. The Hall–Kier alpha value is -1.41. The predicted molar refractivity (Wildman–Crippen MR) is 105 cm³/mol. The Morgan fingerprint density at radius 1 is 1.32 bits per heavy atom. The maximum absolute atomic E-state index is 12.0. The van der Waals surface area contributed by atoms with Crippen molar-refractivity contribution in [1.29, 1.82) is 0 Å². The minimum Gasteiger partial charge on any atom is -0.373 e. The molecule has 8 heteroatoms. The van der Waals surface area contributed by atoms with E-state index in [0.717, 1.165) is 24.3 Å². The molecule has 1 aliphatic heterocycles. The van der Waals surface area contributed by atoms with Crippen LogP contribution < -0.4 is 16.2 Å². The smallest absolute Gasteiger partial charge is 0.239 e. The third-order valence-corrected chi connectivity index (χ3v) is 4.60. The van der Waals surface area contributed by atoms with Crippen LogP contribution >= 0.6 is 23.8 Å². The lowest BCUT2D eigenvalue weighted by atomic mass is 10.2. The van der Waals surface area contributed by atoms with Gasteiger partial charge in [0.15, 0.2) is 5.11 Å². The van der Waals surface area contributed by atoms with Crippen molar-refractivity contribution in [3.63, 3.8) is 0 Å². The lowest BCUT2D eigenvalue weighted by Crippen LogP contribution is -2.48. The number of hydrogen-bond acceptors (Lipinski definition) is 4. The van der Waals surface area contributed by atoms with E-state index in [0.29, 0.717) is 23.1 Å². The van der Waals surface area contributed by atoms with Crippen LogP contribution in [-0.2, 0) is 9.53 Å². The van der Waals surface area contributed by atoms with Crippen LogP contribution in [0.25, 0.3) is 0 Å². The molecular formula is C17H25ClN4O2S. The van der Waals surface area contributed by atoms with E-state index >= 15 is 0 Å². The van der Waals surface area contributed by atoms with Gasteiger partial charge in [-0.3, -0.25) is 20.5 Å². The van der Waals surface area contributed by atoms with Crippen molar-refractivity contribution in [3.05, 3.63) is 28.8 Å². The second-order valence-corrected chi connectivity index (χ2v) is 7.12. The van der Waals surface area contributed by atoms with Gasteiger partial charge in [0, 0.05) is 36.8 Å². The van der Waals surface area contributed by atoms with Gasteiger partial charge in [-0.1, -0.05) is 17.7 Å². The Bertz CT molecular complexity index is 619. The summed E-state index contributed by atoms with van der Waals surface area (Å²) in [5, 5.41) is 3.99. The Balaban J connectivity index is 1.70. The van der Waals surface area contributed by atoms with Gasteiger partial charge in [-0.05, 0) is 50.7 Å². The van der Waals surface area contributed by atoms with Crippen molar-refractivity contribution in [1.82, 2.24) is 15.8 Å². The van der Waals surface area contributed by atoms with Gasteiger partial charge in [0.25, 0.3) is 0 Å². The largest absolute Gasteiger partial charge is 0.373 e. The normalized spacial score (nSPS) is 20.8. The minimum atomic E-state index is -0.112. The molecular weight excluding hydrogens is 360 g/mol. The fraction of sp³-hybridized carbons (Fsp3) is 0.529. The van der Waals surface area contributed by atoms with Crippen LogP contribution in [0.1, 0.15) is 25.8 Å². The molecule has 0 radical (unpaired) electrons. The standard InChI is InChI=1S/C17H25ClN4O2S/c1-11-9-22(10-12(2)24-11)8-7-16(23)20-21-17(25)19-15-6-4-5-14(18)13(15)3/h4-6,11-12H,7-10H2,1-3H3,(H,20,23)(H2,19,21,25)/t11-,12-/m1/s1. The molecule has 0 aromatic heterocycles. The molecule has 0 spiro atoms. The van der Waals surface area contributed by atoms with Crippen molar-refractivity contribution in [2.75, 3.05) is 25.0 Å². The van der Waals surface area contributed by atoms with E-state index in [9.17, 15) is 4.79 Å². The summed E-state index contributed by atoms with van der Waals surface area (Å²) in [5.41, 5.74) is 7.03. The van der Waals surface area contributed by atoms with E-state index in [4.69, 9.17) is 28.6 Å². The second kappa shape index (κ2) is 9.33. The number of rotatable bonds is 4. The molecule has 3 N–H and O–H groups in total. The van der Waals surface area contributed by atoms with Crippen molar-refractivity contribution in [2.24, 2.45) is 0 Å². The first kappa shape index (κ1) is 19.9. The van der Waals surface area contributed by atoms with E-state index in [-0.39, 0.29) is 18.1 Å². The third kappa shape index (κ3) is 6.43. The maximum atomic E-state index is 12.0. The maximum Gasteiger partial charge on any atom is 0.239 e. The molecule has 25 heavy (non-hydrogen) atoms. The Morgan fingerprint density at radius 3 is 2.68 bits per heavy atom. The molecule has 1 aliphatic rings. The molecule has 1 fully saturated rings. The van der Waals surface area contributed by atoms with Crippen molar-refractivity contribution >= 4 is 40.5 Å². The van der Waals surface area contributed by atoms with Crippen LogP contribution in [0.15, 0.2) is 18.2 Å². The lowest BCUT2D eigenvalue weighted by Gasteiger charge is -2.35. The van der Waals surface area contributed by atoms with E-state index < -0.39 is 0 Å². The molecule has 6 nitrogen and oxygen atoms in total. The van der Waals surface area contributed by atoms with Gasteiger partial charge < -0.3 is 10.1 Å². The topological polar surface area (TPSA) is 65.6 Å². The van der Waals surface area contributed by atoms with Gasteiger partial charge in [0.05, 0.1) is 12.2 Å². The monoisotopic (exact) mass is 384 g/mol. The first-order valence-electron chi connectivity index (χ1n) is 8.34. The number of thiocarbonyl (C=S) groups is 1. The van der Waals surface area contributed by atoms with Gasteiger partial charge in [-0.25, -0.2) is 0 Å². The molecule has 2 atom stereocenters. The number of anilines is 1. The lowest BCUT2D eigenvalue weighted by molar-refractivity contribution is -0.123. The second-order valence-electron chi connectivity index (χ2n) is 6.31. The fourth-order valence-electron chi connectivity index (χ4n) is 2.81. The van der Waals surface area contributed by atoms with Crippen LogP contribution in [0, 0.1) is 6.92 Å². The Labute approximate surface area is 159 Å². The van der Waals surface area contributed by atoms with Gasteiger partial charge in [0.2, 0.25) is 5.91 Å². The van der Waals surface area contributed by atoms with Crippen molar-refractivity contribution < 1.29 is 9.53 Å². The fourth-order valence-corrected chi connectivity index (χ4v) is 3.15. The molecule has 0 unspecified atom stereocenters. The van der Waals surface area contributed by atoms with E-state index in [2.05, 4.69) is 21.1 Å². The van der Waals surface area contributed by atoms with Gasteiger partial charge in [-0.2, -0.15) is 0 Å². The number of nitrogens with zero attached hydrogens (tertiary/aromatic N) is 1. The van der Waals surface area contributed by atoms with Gasteiger partial charge in [0.1, 0.15) is 0 Å². The van der Waals surface area contributed by atoms with Gasteiger partial charge in [-0.15, -0.1) is 0 Å². The highest BCUT2D eigenvalue weighted by Crippen LogP contribution is 2.22. The average Bonchev–Trinajstić information content (AvgIpc) is 2.54. The van der Waals surface area contributed by atoms with Crippen LogP contribution in [0.2, 0.25) is 5.02 Å². The molecule has 138 valence electrons. The summed E-state index contributed by atoms with van der Waals surface area (Å²) in [6, 6.07) is 5.52. The Morgan fingerprint density at radius 2 is 2.00 bits per heavy atom. The van der Waals surface area contributed by atoms with Crippen molar-refractivity contribution in [3.8, 4) is 0 Å². The van der Waals surface area contributed by atoms with Crippen LogP contribution in [0.4, 0.5) is 5.69 Å². The van der Waals surface area contributed by atoms with Crippen LogP contribution in [-0.4, -0.2) is 47.8 Å². The zero-order valence-electron chi connectivity index (χ0n) is 14.8. The number of hydrogen-bond donors (Lipinski definition) is 3. The number of ether oxygens (including phenoxy) is 1. The first-order chi connectivity index (χ1) is 11.8. The number of carbonyl (C=O) groups excluding carboxylic acids is 1. The number of morpholine rings is 1. The Kier molecular flexibility index (Phi) is 7.43. The molecule has 0 bridgehead atoms. The van der Waals surface area contributed by atoms with E-state index in [1.165, 1.54) is 0 Å². The minimum absolute atomic E-state index is 0.112. The quantitative estimate of drug-likeness (QED) is 0.547. The molecule has 2 rings (SSSR count). The molecule has 1 amide bonds. The van der Waals surface area contributed by atoms with Crippen LogP contribution in [0.5, 0.6) is 0 Å². The first-order valence-corrected chi connectivity index (χ1v) is 9.12. The van der Waals surface area contributed by atoms with E-state index in [1.54, 1.807) is 0 Å². The third-order valence-electron chi connectivity index (χ3n) is 3.98. The molecule has 0 saturated carbocycles. The number of halogens is 1. The number of hydrazine groups is 1. The summed E-state index contributed by atoms with van der Waals surface area (Å²) in [5.74, 6) is -0.112. The highest BCUT2D eigenvalue weighted by Gasteiger charge is 2.22. The van der Waals surface area contributed by atoms with E-state index in [1.807, 2.05) is 39.0 Å². The molecule has 1 heterocycles. The van der Waals surface area contributed by atoms with Gasteiger partial charge >= 0.3 is 0 Å². The summed E-state index contributed by atoms with van der Waals surface area (Å²) in [6.07, 6.45) is 0.788. The average molecular weight is 385 g/mol. The summed E-state index contributed by atoms with van der Waals surface area (Å²) < 4.78 is 5.69. The van der Waals surface area contributed by atoms with Crippen LogP contribution in [0.3, 0.4) is 0 Å². The summed E-state index contributed by atoms with van der Waals surface area (Å²) in [6.45, 7) is 8.38. The molecule has 1 aromatic rings. The number of amides is 1. The predicted octanol–water partition coefficient (Wildman–Crippen LogP) is 2.47.